The van der Waals surface area contributed by atoms with E-state index < -0.39 is 0 Å². The van der Waals surface area contributed by atoms with Crippen LogP contribution in [0.15, 0.2) is 0 Å². The Morgan fingerprint density at radius 3 is 2.67 bits per heavy atom. The SMILES string of the molecule is CCC(C)OCCCCN1CCOCC1. The Morgan fingerprint density at radius 1 is 1.27 bits per heavy atom. The van der Waals surface area contributed by atoms with Crippen LogP contribution in [0.1, 0.15) is 33.1 Å². The summed E-state index contributed by atoms with van der Waals surface area (Å²) < 4.78 is 10.9. The van der Waals surface area contributed by atoms with Crippen LogP contribution in [0.2, 0.25) is 0 Å². The van der Waals surface area contributed by atoms with Crippen LogP contribution in [0, 0.1) is 0 Å². The number of rotatable bonds is 7. The van der Waals surface area contributed by atoms with Crippen LogP contribution in [0.3, 0.4) is 0 Å². The molecule has 15 heavy (non-hydrogen) atoms. The molecule has 1 fully saturated rings. The summed E-state index contributed by atoms with van der Waals surface area (Å²) >= 11 is 0. The fourth-order valence-corrected chi connectivity index (χ4v) is 1.66. The van der Waals surface area contributed by atoms with E-state index in [1.54, 1.807) is 0 Å². The second-order valence-electron chi connectivity index (χ2n) is 4.25. The summed E-state index contributed by atoms with van der Waals surface area (Å²) in [5.74, 6) is 0. The molecule has 1 heterocycles. The molecule has 1 unspecified atom stereocenters. The standard InChI is InChI=1S/C12H25NO2/c1-3-12(2)15-9-5-4-6-13-7-10-14-11-8-13/h12H,3-11H2,1-2H3. The van der Waals surface area contributed by atoms with Gasteiger partial charge in [0.15, 0.2) is 0 Å². The second kappa shape index (κ2) is 8.08. The lowest BCUT2D eigenvalue weighted by atomic mass is 10.3. The molecule has 0 aromatic heterocycles. The van der Waals surface area contributed by atoms with Crippen LogP contribution in [-0.4, -0.2) is 50.5 Å². The summed E-state index contributed by atoms with van der Waals surface area (Å²) in [5, 5.41) is 0. The smallest absolute Gasteiger partial charge is 0.0594 e. The first kappa shape index (κ1) is 12.9. The van der Waals surface area contributed by atoms with Crippen molar-refractivity contribution in [1.82, 2.24) is 4.90 Å². The van der Waals surface area contributed by atoms with Crippen molar-refractivity contribution in [1.29, 1.82) is 0 Å². The number of nitrogens with zero attached hydrogens (tertiary/aromatic N) is 1. The molecule has 0 aromatic carbocycles. The average molecular weight is 215 g/mol. The van der Waals surface area contributed by atoms with Gasteiger partial charge in [-0.3, -0.25) is 4.90 Å². The fourth-order valence-electron chi connectivity index (χ4n) is 1.66. The summed E-state index contributed by atoms with van der Waals surface area (Å²) in [6.45, 7) is 10.4. The average Bonchev–Trinajstić information content (AvgIpc) is 2.29. The first-order valence-corrected chi connectivity index (χ1v) is 6.24. The van der Waals surface area contributed by atoms with Gasteiger partial charge in [-0.25, -0.2) is 0 Å². The Balaban J connectivity index is 1.87. The van der Waals surface area contributed by atoms with Gasteiger partial charge >= 0.3 is 0 Å². The topological polar surface area (TPSA) is 21.7 Å². The third-order valence-corrected chi connectivity index (χ3v) is 2.95. The molecule has 0 N–H and O–H groups in total. The van der Waals surface area contributed by atoms with E-state index in [0.29, 0.717) is 6.10 Å². The zero-order valence-corrected chi connectivity index (χ0v) is 10.2. The zero-order chi connectivity index (χ0) is 10.9. The molecule has 1 aliphatic heterocycles. The van der Waals surface area contributed by atoms with Crippen molar-refractivity contribution in [2.75, 3.05) is 39.5 Å². The van der Waals surface area contributed by atoms with E-state index in [0.717, 1.165) is 39.3 Å². The van der Waals surface area contributed by atoms with Gasteiger partial charge in [0.2, 0.25) is 0 Å². The van der Waals surface area contributed by atoms with Gasteiger partial charge in [0, 0.05) is 19.7 Å². The van der Waals surface area contributed by atoms with Gasteiger partial charge in [0.05, 0.1) is 19.3 Å². The van der Waals surface area contributed by atoms with E-state index in [1.807, 2.05) is 0 Å². The fraction of sp³-hybridized carbons (Fsp3) is 1.00. The van der Waals surface area contributed by atoms with E-state index >= 15 is 0 Å². The maximum absolute atomic E-state index is 5.64. The number of ether oxygens (including phenoxy) is 2. The molecule has 0 bridgehead atoms. The molecule has 0 saturated carbocycles. The Hall–Kier alpha value is -0.120. The van der Waals surface area contributed by atoms with Gasteiger partial charge in [-0.2, -0.15) is 0 Å². The van der Waals surface area contributed by atoms with Crippen molar-refractivity contribution in [2.45, 2.75) is 39.2 Å². The normalized spacial score (nSPS) is 20.4. The Bertz CT molecular complexity index is 147. The summed E-state index contributed by atoms with van der Waals surface area (Å²) in [7, 11) is 0. The molecule has 0 amide bonds. The maximum Gasteiger partial charge on any atom is 0.0594 e. The summed E-state index contributed by atoms with van der Waals surface area (Å²) in [6.07, 6.45) is 3.97. The molecule has 3 nitrogen and oxygen atoms in total. The van der Waals surface area contributed by atoms with E-state index in [-0.39, 0.29) is 0 Å². The summed E-state index contributed by atoms with van der Waals surface area (Å²) in [5.41, 5.74) is 0. The van der Waals surface area contributed by atoms with Crippen molar-refractivity contribution >= 4 is 0 Å². The number of hydrogen-bond acceptors (Lipinski definition) is 3. The highest BCUT2D eigenvalue weighted by molar-refractivity contribution is 4.61. The van der Waals surface area contributed by atoms with Crippen molar-refractivity contribution < 1.29 is 9.47 Å². The lowest BCUT2D eigenvalue weighted by molar-refractivity contribution is 0.0324. The van der Waals surface area contributed by atoms with Crippen LogP contribution < -0.4 is 0 Å². The van der Waals surface area contributed by atoms with Crippen LogP contribution in [-0.2, 0) is 9.47 Å². The molecular formula is C12H25NO2. The van der Waals surface area contributed by atoms with Crippen molar-refractivity contribution in [3.63, 3.8) is 0 Å². The summed E-state index contributed by atoms with van der Waals surface area (Å²) in [6, 6.07) is 0. The Kier molecular flexibility index (Phi) is 6.98. The molecule has 1 saturated heterocycles. The molecule has 0 aliphatic carbocycles. The molecule has 90 valence electrons. The second-order valence-corrected chi connectivity index (χ2v) is 4.25. The number of hydrogen-bond donors (Lipinski definition) is 0. The molecular weight excluding hydrogens is 190 g/mol. The predicted molar refractivity (Wildman–Crippen MR) is 62.2 cm³/mol. The largest absolute Gasteiger partial charge is 0.379 e. The van der Waals surface area contributed by atoms with Crippen LogP contribution in [0.25, 0.3) is 0 Å². The highest BCUT2D eigenvalue weighted by atomic mass is 16.5. The van der Waals surface area contributed by atoms with Gasteiger partial charge in [-0.05, 0) is 32.7 Å². The lowest BCUT2D eigenvalue weighted by Gasteiger charge is -2.26. The highest BCUT2D eigenvalue weighted by Gasteiger charge is 2.09. The quantitative estimate of drug-likeness (QED) is 0.606. The first-order valence-electron chi connectivity index (χ1n) is 6.24. The van der Waals surface area contributed by atoms with Gasteiger partial charge in [-0.15, -0.1) is 0 Å². The Labute approximate surface area is 93.7 Å². The molecule has 1 atom stereocenters. The van der Waals surface area contributed by atoms with Gasteiger partial charge < -0.3 is 9.47 Å². The van der Waals surface area contributed by atoms with E-state index in [2.05, 4.69) is 18.7 Å². The van der Waals surface area contributed by atoms with E-state index in [1.165, 1.54) is 19.4 Å². The van der Waals surface area contributed by atoms with Gasteiger partial charge in [0.1, 0.15) is 0 Å². The summed E-state index contributed by atoms with van der Waals surface area (Å²) in [4.78, 5) is 2.48. The predicted octanol–water partition coefficient (Wildman–Crippen LogP) is 1.91. The Morgan fingerprint density at radius 2 is 2.00 bits per heavy atom. The monoisotopic (exact) mass is 215 g/mol. The van der Waals surface area contributed by atoms with Crippen molar-refractivity contribution in [3.8, 4) is 0 Å². The van der Waals surface area contributed by atoms with Crippen LogP contribution in [0.5, 0.6) is 0 Å². The van der Waals surface area contributed by atoms with Crippen molar-refractivity contribution in [2.24, 2.45) is 0 Å². The van der Waals surface area contributed by atoms with E-state index in [4.69, 9.17) is 9.47 Å². The minimum atomic E-state index is 0.424. The first-order chi connectivity index (χ1) is 7.33. The number of unbranched alkanes of at least 4 members (excludes halogenated alkanes) is 1. The van der Waals surface area contributed by atoms with Crippen molar-refractivity contribution in [3.05, 3.63) is 0 Å². The number of morpholine rings is 1. The molecule has 0 radical (unpaired) electrons. The minimum Gasteiger partial charge on any atom is -0.379 e. The molecule has 1 aliphatic rings. The maximum atomic E-state index is 5.64. The van der Waals surface area contributed by atoms with Crippen LogP contribution >= 0.6 is 0 Å². The third-order valence-electron chi connectivity index (χ3n) is 2.95. The molecule has 1 rings (SSSR count). The molecule has 0 spiro atoms. The molecule has 3 heteroatoms. The molecule has 0 aromatic rings. The lowest BCUT2D eigenvalue weighted by Crippen LogP contribution is -2.36. The third kappa shape index (κ3) is 6.13. The minimum absolute atomic E-state index is 0.424. The highest BCUT2D eigenvalue weighted by Crippen LogP contribution is 2.02. The van der Waals surface area contributed by atoms with Crippen LogP contribution in [0.4, 0.5) is 0 Å². The van der Waals surface area contributed by atoms with Gasteiger partial charge in [-0.1, -0.05) is 6.92 Å². The van der Waals surface area contributed by atoms with E-state index in [9.17, 15) is 0 Å². The van der Waals surface area contributed by atoms with Gasteiger partial charge in [0.25, 0.3) is 0 Å². The zero-order valence-electron chi connectivity index (χ0n) is 10.2.